The maximum Gasteiger partial charge on any atom is 0.322 e. The van der Waals surface area contributed by atoms with Crippen LogP contribution < -0.4 is 10.0 Å². The van der Waals surface area contributed by atoms with E-state index in [0.717, 1.165) is 28.1 Å². The molecule has 0 bridgehead atoms. The van der Waals surface area contributed by atoms with Crippen LogP contribution in [-0.2, 0) is 27.8 Å². The monoisotopic (exact) mass is 451 g/mol. The van der Waals surface area contributed by atoms with E-state index in [1.807, 2.05) is 60.7 Å². The molecular weight excluding hydrogens is 426 g/mol. The van der Waals surface area contributed by atoms with Crippen LogP contribution in [0, 0.1) is 0 Å². The second kappa shape index (κ2) is 9.50. The number of nitrogens with one attached hydrogen (secondary N) is 2. The molecule has 2 aromatic carbocycles. The number of hydrogen-bond acceptors (Lipinski definition) is 5. The third-order valence-electron chi connectivity index (χ3n) is 5.36. The van der Waals surface area contributed by atoms with Crippen LogP contribution in [0.5, 0.6) is 0 Å². The summed E-state index contributed by atoms with van der Waals surface area (Å²) in [6, 6.07) is 20.2. The van der Waals surface area contributed by atoms with Gasteiger partial charge in [-0.3, -0.25) is 4.79 Å². The first kappa shape index (κ1) is 22.0. The van der Waals surface area contributed by atoms with Gasteiger partial charge in [-0.1, -0.05) is 48.5 Å². The molecule has 1 fully saturated rings. The maximum absolute atomic E-state index is 12.1. The summed E-state index contributed by atoms with van der Waals surface area (Å²) in [4.78, 5) is 15.8. The lowest BCUT2D eigenvalue weighted by Gasteiger charge is -2.15. The number of rotatable bonds is 10. The van der Waals surface area contributed by atoms with Crippen LogP contribution in [0.15, 0.2) is 72.9 Å². The van der Waals surface area contributed by atoms with Gasteiger partial charge < -0.3 is 10.4 Å². The lowest BCUT2D eigenvalue weighted by atomic mass is 9.99. The normalized spacial score (nSPS) is 14.6. The molecule has 0 spiro atoms. The Kier molecular flexibility index (Phi) is 6.53. The highest BCUT2D eigenvalue weighted by atomic mass is 32.2. The molecule has 32 heavy (non-hydrogen) atoms. The van der Waals surface area contributed by atoms with Crippen molar-refractivity contribution >= 4 is 21.8 Å². The Morgan fingerprint density at radius 2 is 1.78 bits per heavy atom. The van der Waals surface area contributed by atoms with Gasteiger partial charge in [0.15, 0.2) is 0 Å². The number of aromatic nitrogens is 1. The zero-order valence-corrected chi connectivity index (χ0v) is 18.3. The predicted molar refractivity (Wildman–Crippen MR) is 124 cm³/mol. The molecular formula is C24H25N3O4S. The van der Waals surface area contributed by atoms with Crippen LogP contribution in [0.2, 0.25) is 0 Å². The van der Waals surface area contributed by atoms with E-state index in [9.17, 15) is 18.3 Å². The van der Waals surface area contributed by atoms with Gasteiger partial charge in [0, 0.05) is 12.7 Å². The van der Waals surface area contributed by atoms with E-state index in [2.05, 4.69) is 21.1 Å². The molecule has 166 valence electrons. The van der Waals surface area contributed by atoms with Crippen molar-refractivity contribution in [2.24, 2.45) is 0 Å². The van der Waals surface area contributed by atoms with E-state index in [1.54, 1.807) is 6.20 Å². The highest BCUT2D eigenvalue weighted by Crippen LogP contribution is 2.28. The summed E-state index contributed by atoms with van der Waals surface area (Å²) in [6.45, 7) is 0.643. The standard InChI is InChI=1S/C24H25N3O4S/c28-24(29)22(27-32(30,31)21-11-12-21)15-17-7-9-19(10-8-17)20-5-3-4-18(14-20)16-26-23-6-1-2-13-25-23/h1-10,13-14,21-22,27H,11-12,15-16H2,(H,25,26)(H,28,29)/t22-/m0/s1. The van der Waals surface area contributed by atoms with E-state index < -0.39 is 27.3 Å². The number of sulfonamides is 1. The average Bonchev–Trinajstić information content (AvgIpc) is 3.65. The molecule has 8 heteroatoms. The quantitative estimate of drug-likeness (QED) is 0.436. The average molecular weight is 452 g/mol. The van der Waals surface area contributed by atoms with Crippen LogP contribution in [0.25, 0.3) is 11.1 Å². The molecule has 1 atom stereocenters. The molecule has 7 nitrogen and oxygen atoms in total. The number of hydrogen-bond donors (Lipinski definition) is 3. The van der Waals surface area contributed by atoms with Crippen LogP contribution in [0.3, 0.4) is 0 Å². The molecule has 0 amide bonds. The third-order valence-corrected chi connectivity index (χ3v) is 7.32. The first-order valence-corrected chi connectivity index (χ1v) is 12.0. The van der Waals surface area contributed by atoms with E-state index >= 15 is 0 Å². The second-order valence-electron chi connectivity index (χ2n) is 7.92. The molecule has 1 heterocycles. The molecule has 4 rings (SSSR count). The summed E-state index contributed by atoms with van der Waals surface area (Å²) in [5, 5.41) is 12.3. The third kappa shape index (κ3) is 5.72. The molecule has 3 aromatic rings. The summed E-state index contributed by atoms with van der Waals surface area (Å²) in [5.74, 6) is -0.362. The van der Waals surface area contributed by atoms with Gasteiger partial charge in [0.2, 0.25) is 10.0 Å². The van der Waals surface area contributed by atoms with Crippen LogP contribution in [0.4, 0.5) is 5.82 Å². The fourth-order valence-electron chi connectivity index (χ4n) is 3.44. The molecule has 3 N–H and O–H groups in total. The minimum Gasteiger partial charge on any atom is -0.480 e. The molecule has 1 saturated carbocycles. The van der Waals surface area contributed by atoms with Gasteiger partial charge in [-0.2, -0.15) is 0 Å². The SMILES string of the molecule is O=C(O)[C@H](Cc1ccc(-c2cccc(CNc3ccccn3)c2)cc1)NS(=O)(=O)C1CC1. The largest absolute Gasteiger partial charge is 0.480 e. The predicted octanol–water partition coefficient (Wildman–Crippen LogP) is 3.44. The van der Waals surface area contributed by atoms with Crippen molar-refractivity contribution in [3.63, 3.8) is 0 Å². The molecule has 0 unspecified atom stereocenters. The van der Waals surface area contributed by atoms with E-state index in [-0.39, 0.29) is 6.42 Å². The van der Waals surface area contributed by atoms with Crippen LogP contribution in [0.1, 0.15) is 24.0 Å². The van der Waals surface area contributed by atoms with Crippen molar-refractivity contribution in [2.45, 2.75) is 37.1 Å². The number of pyridine rings is 1. The van der Waals surface area contributed by atoms with Gasteiger partial charge in [-0.25, -0.2) is 18.1 Å². The Hall–Kier alpha value is -3.23. The van der Waals surface area contributed by atoms with Gasteiger partial charge >= 0.3 is 5.97 Å². The molecule has 1 aliphatic carbocycles. The van der Waals surface area contributed by atoms with Crippen molar-refractivity contribution in [1.82, 2.24) is 9.71 Å². The number of carbonyl (C=O) groups is 1. The van der Waals surface area contributed by atoms with Gasteiger partial charge in [-0.05, 0) is 59.7 Å². The molecule has 0 saturated heterocycles. The Bertz CT molecular complexity index is 1180. The Balaban J connectivity index is 1.42. The van der Waals surface area contributed by atoms with Gasteiger partial charge in [0.05, 0.1) is 5.25 Å². The summed E-state index contributed by atoms with van der Waals surface area (Å²) < 4.78 is 26.6. The fourth-order valence-corrected chi connectivity index (χ4v) is 4.97. The summed E-state index contributed by atoms with van der Waals surface area (Å²) in [5.41, 5.74) is 3.91. The first-order chi connectivity index (χ1) is 15.4. The lowest BCUT2D eigenvalue weighted by Crippen LogP contribution is -2.43. The number of benzene rings is 2. The highest BCUT2D eigenvalue weighted by molar-refractivity contribution is 7.90. The maximum atomic E-state index is 12.1. The van der Waals surface area contributed by atoms with Gasteiger partial charge in [-0.15, -0.1) is 0 Å². The van der Waals surface area contributed by atoms with E-state index in [4.69, 9.17) is 0 Å². The van der Waals surface area contributed by atoms with Crippen molar-refractivity contribution in [2.75, 3.05) is 5.32 Å². The van der Waals surface area contributed by atoms with Gasteiger partial charge in [0.25, 0.3) is 0 Å². The molecule has 1 aromatic heterocycles. The van der Waals surface area contributed by atoms with Crippen LogP contribution in [-0.4, -0.2) is 35.8 Å². The van der Waals surface area contributed by atoms with Gasteiger partial charge in [0.1, 0.15) is 11.9 Å². The van der Waals surface area contributed by atoms with E-state index in [1.165, 1.54) is 0 Å². The number of aliphatic carboxylic acids is 1. The van der Waals surface area contributed by atoms with Crippen molar-refractivity contribution in [3.05, 3.63) is 84.1 Å². The highest BCUT2D eigenvalue weighted by Gasteiger charge is 2.38. The summed E-state index contributed by atoms with van der Waals surface area (Å²) in [6.07, 6.45) is 3.02. The minimum absolute atomic E-state index is 0.0929. The van der Waals surface area contributed by atoms with Crippen molar-refractivity contribution in [1.29, 1.82) is 0 Å². The van der Waals surface area contributed by atoms with Crippen molar-refractivity contribution < 1.29 is 18.3 Å². The zero-order chi connectivity index (χ0) is 22.6. The Morgan fingerprint density at radius 3 is 2.44 bits per heavy atom. The molecule has 0 radical (unpaired) electrons. The lowest BCUT2D eigenvalue weighted by molar-refractivity contribution is -0.138. The number of carboxylic acid groups (broad SMARTS) is 1. The molecule has 0 aliphatic heterocycles. The fraction of sp³-hybridized carbons (Fsp3) is 0.250. The number of nitrogens with zero attached hydrogens (tertiary/aromatic N) is 1. The smallest absolute Gasteiger partial charge is 0.322 e. The summed E-state index contributed by atoms with van der Waals surface area (Å²) in [7, 11) is -3.57. The van der Waals surface area contributed by atoms with E-state index in [0.29, 0.717) is 19.4 Å². The Labute approximate surface area is 187 Å². The van der Waals surface area contributed by atoms with Crippen LogP contribution >= 0.6 is 0 Å². The molecule has 1 aliphatic rings. The number of carboxylic acids is 1. The van der Waals surface area contributed by atoms with Crippen molar-refractivity contribution in [3.8, 4) is 11.1 Å². The topological polar surface area (TPSA) is 108 Å². The second-order valence-corrected chi connectivity index (χ2v) is 9.92. The number of anilines is 1. The minimum atomic E-state index is -3.57. The Morgan fingerprint density at radius 1 is 1.00 bits per heavy atom. The zero-order valence-electron chi connectivity index (χ0n) is 17.4. The first-order valence-electron chi connectivity index (χ1n) is 10.5. The summed E-state index contributed by atoms with van der Waals surface area (Å²) >= 11 is 0.